The molecule has 0 aliphatic heterocycles. The van der Waals surface area contributed by atoms with Crippen molar-refractivity contribution in [2.45, 2.75) is 30.8 Å². The zero-order chi connectivity index (χ0) is 13.8. The quantitative estimate of drug-likeness (QED) is 0.675. The van der Waals surface area contributed by atoms with Gasteiger partial charge in [-0.3, -0.25) is 4.79 Å². The number of carboxylic acid groups (broad SMARTS) is 1. The maximum Gasteiger partial charge on any atom is 0.303 e. The van der Waals surface area contributed by atoms with Crippen molar-refractivity contribution in [3.63, 3.8) is 0 Å². The standard InChI is InChI=1S/C11H16N2O4S.ClH/c1-8-3-2-4-9(7-8)18(16,17)13-10(12)5-6-11(14)15;/h2-4,7,10,13H,5-6,12H2,1H3,(H,14,15);1H/t10-;/m1./s1. The van der Waals surface area contributed by atoms with Crippen LogP contribution in [-0.4, -0.2) is 25.7 Å². The Morgan fingerprint density at radius 3 is 2.63 bits per heavy atom. The van der Waals surface area contributed by atoms with Gasteiger partial charge in [0.05, 0.1) is 11.1 Å². The fourth-order valence-corrected chi connectivity index (χ4v) is 2.64. The Hall–Kier alpha value is -1.15. The van der Waals surface area contributed by atoms with Gasteiger partial charge in [0.1, 0.15) is 0 Å². The number of aryl methyl sites for hydroxylation is 1. The van der Waals surface area contributed by atoms with E-state index < -0.39 is 22.2 Å². The Bertz CT molecular complexity index is 533. The van der Waals surface area contributed by atoms with Gasteiger partial charge in [-0.2, -0.15) is 4.72 Å². The summed E-state index contributed by atoms with van der Waals surface area (Å²) >= 11 is 0. The van der Waals surface area contributed by atoms with Gasteiger partial charge in [0, 0.05) is 6.42 Å². The minimum atomic E-state index is -3.70. The van der Waals surface area contributed by atoms with Crippen LogP contribution in [0.5, 0.6) is 0 Å². The molecule has 0 spiro atoms. The highest BCUT2D eigenvalue weighted by atomic mass is 35.5. The summed E-state index contributed by atoms with van der Waals surface area (Å²) in [5.41, 5.74) is 6.35. The molecule has 0 aliphatic carbocycles. The number of hydrogen-bond acceptors (Lipinski definition) is 4. The third-order valence-electron chi connectivity index (χ3n) is 2.28. The van der Waals surface area contributed by atoms with E-state index in [0.717, 1.165) is 5.56 Å². The molecular weight excluding hydrogens is 292 g/mol. The molecule has 0 aromatic heterocycles. The predicted molar refractivity (Wildman–Crippen MR) is 73.6 cm³/mol. The van der Waals surface area contributed by atoms with E-state index in [4.69, 9.17) is 10.8 Å². The van der Waals surface area contributed by atoms with Gasteiger partial charge in [0.2, 0.25) is 10.0 Å². The summed E-state index contributed by atoms with van der Waals surface area (Å²) in [6.07, 6.45) is -1.05. The van der Waals surface area contributed by atoms with Crippen LogP contribution in [0.15, 0.2) is 29.2 Å². The summed E-state index contributed by atoms with van der Waals surface area (Å²) in [6.45, 7) is 1.78. The second-order valence-electron chi connectivity index (χ2n) is 3.98. The van der Waals surface area contributed by atoms with E-state index >= 15 is 0 Å². The van der Waals surface area contributed by atoms with E-state index in [1.807, 2.05) is 0 Å². The van der Waals surface area contributed by atoms with Crippen LogP contribution in [0.1, 0.15) is 18.4 Å². The van der Waals surface area contributed by atoms with Gasteiger partial charge in [-0.1, -0.05) is 12.1 Å². The predicted octanol–water partition coefficient (Wildman–Crippen LogP) is 0.845. The molecule has 4 N–H and O–H groups in total. The van der Waals surface area contributed by atoms with E-state index in [-0.39, 0.29) is 30.1 Å². The smallest absolute Gasteiger partial charge is 0.303 e. The van der Waals surface area contributed by atoms with Crippen molar-refractivity contribution >= 4 is 28.4 Å². The monoisotopic (exact) mass is 308 g/mol. The zero-order valence-electron chi connectivity index (χ0n) is 10.4. The second-order valence-corrected chi connectivity index (χ2v) is 5.69. The van der Waals surface area contributed by atoms with Gasteiger partial charge in [0.25, 0.3) is 0 Å². The van der Waals surface area contributed by atoms with Crippen LogP contribution < -0.4 is 10.5 Å². The maximum absolute atomic E-state index is 11.9. The summed E-state index contributed by atoms with van der Waals surface area (Å²) < 4.78 is 26.0. The normalized spacial score (nSPS) is 12.5. The summed E-state index contributed by atoms with van der Waals surface area (Å²) in [4.78, 5) is 10.5. The number of nitrogens with two attached hydrogens (primary N) is 1. The Morgan fingerprint density at radius 2 is 2.11 bits per heavy atom. The van der Waals surface area contributed by atoms with Crippen molar-refractivity contribution in [2.24, 2.45) is 5.73 Å². The average Bonchev–Trinajstić information content (AvgIpc) is 2.26. The fourth-order valence-electron chi connectivity index (χ4n) is 1.39. The first-order valence-electron chi connectivity index (χ1n) is 5.37. The first-order valence-corrected chi connectivity index (χ1v) is 6.86. The Labute approximate surface area is 118 Å². The lowest BCUT2D eigenvalue weighted by Crippen LogP contribution is -2.41. The highest BCUT2D eigenvalue weighted by Crippen LogP contribution is 2.11. The van der Waals surface area contributed by atoms with E-state index in [0.29, 0.717) is 0 Å². The molecule has 1 rings (SSSR count). The molecule has 0 aliphatic rings. The number of hydrogen-bond donors (Lipinski definition) is 3. The summed E-state index contributed by atoms with van der Waals surface area (Å²) in [6, 6.07) is 6.39. The van der Waals surface area contributed by atoms with E-state index in [2.05, 4.69) is 4.72 Å². The van der Waals surface area contributed by atoms with E-state index in [9.17, 15) is 13.2 Å². The topological polar surface area (TPSA) is 109 Å². The molecule has 0 saturated carbocycles. The van der Waals surface area contributed by atoms with Crippen LogP contribution in [-0.2, 0) is 14.8 Å². The number of halogens is 1. The molecule has 0 amide bonds. The van der Waals surface area contributed by atoms with Crippen molar-refractivity contribution in [1.29, 1.82) is 0 Å². The molecule has 6 nitrogen and oxygen atoms in total. The summed E-state index contributed by atoms with van der Waals surface area (Å²) in [5, 5.41) is 8.48. The van der Waals surface area contributed by atoms with Crippen LogP contribution >= 0.6 is 12.4 Å². The van der Waals surface area contributed by atoms with Crippen molar-refractivity contribution in [1.82, 2.24) is 4.72 Å². The van der Waals surface area contributed by atoms with Crippen molar-refractivity contribution in [2.75, 3.05) is 0 Å². The Balaban J connectivity index is 0.00000324. The fraction of sp³-hybridized carbons (Fsp3) is 0.364. The molecule has 0 bridgehead atoms. The molecule has 108 valence electrons. The molecule has 0 fully saturated rings. The molecular formula is C11H17ClN2O4S. The summed E-state index contributed by atoms with van der Waals surface area (Å²) in [5.74, 6) is -1.01. The lowest BCUT2D eigenvalue weighted by atomic mass is 10.2. The van der Waals surface area contributed by atoms with Crippen LogP contribution in [0.4, 0.5) is 0 Å². The third-order valence-corrected chi connectivity index (χ3v) is 3.76. The third kappa shape index (κ3) is 6.02. The zero-order valence-corrected chi connectivity index (χ0v) is 12.0. The number of benzene rings is 1. The minimum absolute atomic E-state index is 0. The number of carboxylic acids is 1. The van der Waals surface area contributed by atoms with Crippen molar-refractivity contribution in [3.8, 4) is 0 Å². The van der Waals surface area contributed by atoms with Crippen LogP contribution in [0.25, 0.3) is 0 Å². The van der Waals surface area contributed by atoms with Gasteiger partial charge in [-0.15, -0.1) is 12.4 Å². The van der Waals surface area contributed by atoms with E-state index in [1.54, 1.807) is 19.1 Å². The molecule has 8 heteroatoms. The van der Waals surface area contributed by atoms with Gasteiger partial charge >= 0.3 is 5.97 Å². The Kier molecular flexibility index (Phi) is 6.99. The first kappa shape index (κ1) is 17.8. The first-order chi connectivity index (χ1) is 8.31. The molecule has 0 saturated heterocycles. The highest BCUT2D eigenvalue weighted by molar-refractivity contribution is 7.89. The summed E-state index contributed by atoms with van der Waals surface area (Å²) in [7, 11) is -3.70. The minimum Gasteiger partial charge on any atom is -0.481 e. The molecule has 0 unspecified atom stereocenters. The van der Waals surface area contributed by atoms with Gasteiger partial charge in [-0.05, 0) is 31.0 Å². The number of nitrogens with one attached hydrogen (secondary N) is 1. The lowest BCUT2D eigenvalue weighted by Gasteiger charge is -2.13. The average molecular weight is 309 g/mol. The van der Waals surface area contributed by atoms with E-state index in [1.165, 1.54) is 12.1 Å². The second kappa shape index (κ2) is 7.44. The molecule has 0 radical (unpaired) electrons. The SMILES string of the molecule is Cc1cccc(S(=O)(=O)N[C@@H](N)CCC(=O)O)c1.Cl. The van der Waals surface area contributed by atoms with Crippen LogP contribution in [0.3, 0.4) is 0 Å². The van der Waals surface area contributed by atoms with Crippen LogP contribution in [0.2, 0.25) is 0 Å². The van der Waals surface area contributed by atoms with Crippen molar-refractivity contribution < 1.29 is 18.3 Å². The van der Waals surface area contributed by atoms with Gasteiger partial charge < -0.3 is 10.8 Å². The van der Waals surface area contributed by atoms with Gasteiger partial charge in [-0.25, -0.2) is 8.42 Å². The number of rotatable bonds is 6. The number of aliphatic carboxylic acids is 1. The molecule has 0 heterocycles. The Morgan fingerprint density at radius 1 is 1.47 bits per heavy atom. The molecule has 1 aromatic carbocycles. The largest absolute Gasteiger partial charge is 0.481 e. The molecule has 1 aromatic rings. The lowest BCUT2D eigenvalue weighted by molar-refractivity contribution is -0.137. The highest BCUT2D eigenvalue weighted by Gasteiger charge is 2.18. The molecule has 19 heavy (non-hydrogen) atoms. The van der Waals surface area contributed by atoms with Gasteiger partial charge in [0.15, 0.2) is 0 Å². The van der Waals surface area contributed by atoms with Crippen molar-refractivity contribution in [3.05, 3.63) is 29.8 Å². The number of carbonyl (C=O) groups is 1. The molecule has 1 atom stereocenters. The van der Waals surface area contributed by atoms with Crippen LogP contribution in [0, 0.1) is 6.92 Å². The maximum atomic E-state index is 11.9. The number of sulfonamides is 1.